The van der Waals surface area contributed by atoms with E-state index in [4.69, 9.17) is 4.74 Å². The molecule has 2 fully saturated rings. The van der Waals surface area contributed by atoms with Crippen LogP contribution in [0.25, 0.3) is 0 Å². The quantitative estimate of drug-likeness (QED) is 0.880. The van der Waals surface area contributed by atoms with Gasteiger partial charge in [-0.15, -0.1) is 0 Å². The van der Waals surface area contributed by atoms with Gasteiger partial charge in [0.1, 0.15) is 5.75 Å². The summed E-state index contributed by atoms with van der Waals surface area (Å²) in [6.07, 6.45) is 6.32. The smallest absolute Gasteiger partial charge is 0.227 e. The van der Waals surface area contributed by atoms with Crippen LogP contribution in [-0.2, 0) is 16.0 Å². The summed E-state index contributed by atoms with van der Waals surface area (Å²) in [6.45, 7) is 3.49. The van der Waals surface area contributed by atoms with Crippen molar-refractivity contribution in [1.82, 2.24) is 10.2 Å². The lowest BCUT2D eigenvalue weighted by atomic mass is 9.87. The molecule has 0 spiro atoms. The van der Waals surface area contributed by atoms with Gasteiger partial charge in [-0.05, 0) is 31.7 Å². The Balaban J connectivity index is 1.48. The summed E-state index contributed by atoms with van der Waals surface area (Å²) in [5.41, 5.74) is 0.737. The third-order valence-corrected chi connectivity index (χ3v) is 5.97. The molecule has 5 heteroatoms. The molecule has 1 heterocycles. The topological polar surface area (TPSA) is 58.6 Å². The maximum Gasteiger partial charge on any atom is 0.227 e. The summed E-state index contributed by atoms with van der Waals surface area (Å²) < 4.78 is 5.33. The molecule has 0 radical (unpaired) electrons. The van der Waals surface area contributed by atoms with Crippen molar-refractivity contribution in [2.45, 2.75) is 57.9 Å². The molecular weight excluding hydrogens is 328 g/mol. The summed E-state index contributed by atoms with van der Waals surface area (Å²) in [5, 5.41) is 3.23. The average Bonchev–Trinajstić information content (AvgIpc) is 3.11. The Morgan fingerprint density at radius 3 is 2.50 bits per heavy atom. The van der Waals surface area contributed by atoms with E-state index in [0.717, 1.165) is 49.8 Å². The fourth-order valence-corrected chi connectivity index (χ4v) is 4.14. The number of benzene rings is 1. The van der Waals surface area contributed by atoms with E-state index < -0.39 is 0 Å². The predicted molar refractivity (Wildman–Crippen MR) is 101 cm³/mol. The van der Waals surface area contributed by atoms with Gasteiger partial charge in [0.05, 0.1) is 13.5 Å². The number of rotatable bonds is 5. The molecule has 0 unspecified atom stereocenters. The molecule has 5 nitrogen and oxygen atoms in total. The van der Waals surface area contributed by atoms with E-state index in [9.17, 15) is 9.59 Å². The standard InChI is InChI=1S/C21H30N2O3/c1-21(11-5-6-12-21)20(25)22-17-9-13-23(14-10-17)19(24)15-16-7-3-4-8-18(16)26-2/h3-4,7-8,17H,5-6,9-15H2,1-2H3,(H,22,25). The zero-order chi connectivity index (χ0) is 18.6. The van der Waals surface area contributed by atoms with Crippen LogP contribution < -0.4 is 10.1 Å². The van der Waals surface area contributed by atoms with Gasteiger partial charge in [0.2, 0.25) is 11.8 Å². The highest BCUT2D eigenvalue weighted by molar-refractivity contribution is 5.83. The Morgan fingerprint density at radius 2 is 1.85 bits per heavy atom. The van der Waals surface area contributed by atoms with Gasteiger partial charge >= 0.3 is 0 Å². The molecule has 2 amide bonds. The number of ether oxygens (including phenoxy) is 1. The summed E-state index contributed by atoms with van der Waals surface area (Å²) >= 11 is 0. The molecule has 26 heavy (non-hydrogen) atoms. The molecule has 0 aromatic heterocycles. The maximum absolute atomic E-state index is 12.6. The van der Waals surface area contributed by atoms with E-state index in [1.165, 1.54) is 0 Å². The first-order chi connectivity index (χ1) is 12.5. The van der Waals surface area contributed by atoms with E-state index >= 15 is 0 Å². The Labute approximate surface area is 156 Å². The molecule has 1 saturated carbocycles. The molecular formula is C21H30N2O3. The number of piperidine rings is 1. The van der Waals surface area contributed by atoms with Gasteiger partial charge in [-0.3, -0.25) is 9.59 Å². The van der Waals surface area contributed by atoms with Crippen molar-refractivity contribution in [2.75, 3.05) is 20.2 Å². The van der Waals surface area contributed by atoms with Crippen molar-refractivity contribution in [3.8, 4) is 5.75 Å². The van der Waals surface area contributed by atoms with Crippen LogP contribution in [0.3, 0.4) is 0 Å². The number of carbonyl (C=O) groups excluding carboxylic acids is 2. The highest BCUT2D eigenvalue weighted by Crippen LogP contribution is 2.37. The molecule has 1 aromatic rings. The monoisotopic (exact) mass is 358 g/mol. The fourth-order valence-electron chi connectivity index (χ4n) is 4.14. The highest BCUT2D eigenvalue weighted by atomic mass is 16.5. The third kappa shape index (κ3) is 4.19. The molecule has 142 valence electrons. The predicted octanol–water partition coefficient (Wildman–Crippen LogP) is 2.93. The number of hydrogen-bond donors (Lipinski definition) is 1. The SMILES string of the molecule is COc1ccccc1CC(=O)N1CCC(NC(=O)C2(C)CCCC2)CC1. The third-order valence-electron chi connectivity index (χ3n) is 5.97. The zero-order valence-electron chi connectivity index (χ0n) is 15.9. The first-order valence-electron chi connectivity index (χ1n) is 9.72. The van der Waals surface area contributed by atoms with E-state index in [-0.39, 0.29) is 23.3 Å². The van der Waals surface area contributed by atoms with Gasteiger partial charge in [0.25, 0.3) is 0 Å². The van der Waals surface area contributed by atoms with Crippen LogP contribution >= 0.6 is 0 Å². The van der Waals surface area contributed by atoms with E-state index in [0.29, 0.717) is 19.5 Å². The molecule has 1 N–H and O–H groups in total. The molecule has 0 bridgehead atoms. The Bertz CT molecular complexity index is 644. The van der Waals surface area contributed by atoms with Gasteiger partial charge in [0.15, 0.2) is 0 Å². The van der Waals surface area contributed by atoms with Crippen molar-refractivity contribution >= 4 is 11.8 Å². The van der Waals surface area contributed by atoms with Crippen LogP contribution in [0.4, 0.5) is 0 Å². The minimum Gasteiger partial charge on any atom is -0.496 e. The number of nitrogens with zero attached hydrogens (tertiary/aromatic N) is 1. The number of methoxy groups -OCH3 is 1. The van der Waals surface area contributed by atoms with Crippen LogP contribution in [-0.4, -0.2) is 43.0 Å². The van der Waals surface area contributed by atoms with Crippen molar-refractivity contribution < 1.29 is 14.3 Å². The molecule has 0 atom stereocenters. The second-order valence-corrected chi connectivity index (χ2v) is 7.88. The van der Waals surface area contributed by atoms with Gasteiger partial charge in [0, 0.05) is 30.1 Å². The minimum atomic E-state index is -0.184. The summed E-state index contributed by atoms with van der Waals surface area (Å²) in [4.78, 5) is 27.1. The lowest BCUT2D eigenvalue weighted by Gasteiger charge is -2.34. The number of amides is 2. The van der Waals surface area contributed by atoms with Crippen molar-refractivity contribution in [3.63, 3.8) is 0 Å². The van der Waals surface area contributed by atoms with Gasteiger partial charge < -0.3 is 15.0 Å². The number of carbonyl (C=O) groups is 2. The average molecular weight is 358 g/mol. The normalized spacial score (nSPS) is 20.0. The fraction of sp³-hybridized carbons (Fsp3) is 0.619. The highest BCUT2D eigenvalue weighted by Gasteiger charge is 2.37. The lowest BCUT2D eigenvalue weighted by molar-refractivity contribution is -0.132. The second-order valence-electron chi connectivity index (χ2n) is 7.88. The number of nitrogens with one attached hydrogen (secondary N) is 1. The van der Waals surface area contributed by atoms with E-state index in [1.807, 2.05) is 29.2 Å². The number of likely N-dealkylation sites (tertiary alicyclic amines) is 1. The Kier molecular flexibility index (Phi) is 5.84. The lowest BCUT2D eigenvalue weighted by Crippen LogP contribution is -2.49. The second kappa shape index (κ2) is 8.11. The number of para-hydroxylation sites is 1. The zero-order valence-corrected chi connectivity index (χ0v) is 15.9. The van der Waals surface area contributed by atoms with Crippen molar-refractivity contribution in [2.24, 2.45) is 5.41 Å². The van der Waals surface area contributed by atoms with Crippen LogP contribution in [0.2, 0.25) is 0 Å². The maximum atomic E-state index is 12.6. The molecule has 1 saturated heterocycles. The van der Waals surface area contributed by atoms with Gasteiger partial charge in [-0.2, -0.15) is 0 Å². The van der Waals surface area contributed by atoms with Crippen molar-refractivity contribution in [3.05, 3.63) is 29.8 Å². The van der Waals surface area contributed by atoms with Crippen LogP contribution in [0.15, 0.2) is 24.3 Å². The largest absolute Gasteiger partial charge is 0.496 e. The Morgan fingerprint density at radius 1 is 1.19 bits per heavy atom. The minimum absolute atomic E-state index is 0.127. The molecule has 1 aliphatic carbocycles. The van der Waals surface area contributed by atoms with Crippen LogP contribution in [0, 0.1) is 5.41 Å². The Hall–Kier alpha value is -2.04. The van der Waals surface area contributed by atoms with Crippen molar-refractivity contribution in [1.29, 1.82) is 0 Å². The number of hydrogen-bond acceptors (Lipinski definition) is 3. The molecule has 3 rings (SSSR count). The van der Waals surface area contributed by atoms with E-state index in [1.54, 1.807) is 7.11 Å². The summed E-state index contributed by atoms with van der Waals surface area (Å²) in [5.74, 6) is 1.09. The van der Waals surface area contributed by atoms with Gasteiger partial charge in [-0.25, -0.2) is 0 Å². The molecule has 2 aliphatic rings. The van der Waals surface area contributed by atoms with Gasteiger partial charge in [-0.1, -0.05) is 38.0 Å². The molecule has 1 aliphatic heterocycles. The summed E-state index contributed by atoms with van der Waals surface area (Å²) in [7, 11) is 1.63. The van der Waals surface area contributed by atoms with E-state index in [2.05, 4.69) is 12.2 Å². The molecule has 1 aromatic carbocycles. The summed E-state index contributed by atoms with van der Waals surface area (Å²) in [6, 6.07) is 7.85. The van der Waals surface area contributed by atoms with Crippen LogP contribution in [0.1, 0.15) is 51.0 Å². The first-order valence-corrected chi connectivity index (χ1v) is 9.72. The first kappa shape index (κ1) is 18.7. The van der Waals surface area contributed by atoms with Crippen LogP contribution in [0.5, 0.6) is 5.75 Å².